The van der Waals surface area contributed by atoms with Gasteiger partial charge in [-0.05, 0) is 32.4 Å². The molecule has 1 amide bonds. The predicted molar refractivity (Wildman–Crippen MR) is 68.8 cm³/mol. The van der Waals surface area contributed by atoms with Crippen LogP contribution in [-0.2, 0) is 4.79 Å². The number of likely N-dealkylation sites (tertiary alicyclic amines) is 1. The Morgan fingerprint density at radius 2 is 2.11 bits per heavy atom. The first kappa shape index (κ1) is 13.5. The number of nitrogens with two attached hydrogens (primary N) is 1. The average molecular weight is 263 g/mol. The molecule has 1 atom stereocenters. The second-order valence-electron chi connectivity index (χ2n) is 5.02. The highest BCUT2D eigenvalue weighted by Crippen LogP contribution is 2.21. The first-order valence-electron chi connectivity index (χ1n) is 6.09. The summed E-state index contributed by atoms with van der Waals surface area (Å²) in [6.45, 7) is 4.01. The molecular weight excluding hydrogens is 246 g/mol. The number of aliphatic carboxylic acids is 1. The van der Waals surface area contributed by atoms with E-state index in [-0.39, 0.29) is 18.9 Å². The lowest BCUT2D eigenvalue weighted by molar-refractivity contribution is -0.142. The van der Waals surface area contributed by atoms with Crippen LogP contribution in [-0.4, -0.2) is 45.5 Å². The molecule has 6 nitrogen and oxygen atoms in total. The van der Waals surface area contributed by atoms with Crippen LogP contribution in [0.3, 0.4) is 0 Å². The molecule has 0 spiro atoms. The van der Waals surface area contributed by atoms with Crippen molar-refractivity contribution in [1.82, 2.24) is 9.88 Å². The van der Waals surface area contributed by atoms with E-state index in [1.165, 1.54) is 4.90 Å². The van der Waals surface area contributed by atoms with Gasteiger partial charge in [-0.2, -0.15) is 0 Å². The molecule has 1 aliphatic rings. The topological polar surface area (TPSA) is 96.5 Å². The van der Waals surface area contributed by atoms with Gasteiger partial charge in [0.25, 0.3) is 5.91 Å². The predicted octanol–water partition coefficient (Wildman–Crippen LogP) is 0.326. The van der Waals surface area contributed by atoms with Crippen LogP contribution in [0.2, 0.25) is 0 Å². The zero-order valence-corrected chi connectivity index (χ0v) is 11.0. The van der Waals surface area contributed by atoms with Crippen molar-refractivity contribution in [2.75, 3.05) is 13.1 Å². The minimum absolute atomic E-state index is 0.0362. The molecule has 0 aromatic carbocycles. The maximum atomic E-state index is 12.3. The summed E-state index contributed by atoms with van der Waals surface area (Å²) in [7, 11) is 0. The number of amides is 1. The van der Waals surface area contributed by atoms with Crippen LogP contribution in [0.25, 0.3) is 0 Å². The van der Waals surface area contributed by atoms with Gasteiger partial charge in [-0.15, -0.1) is 0 Å². The van der Waals surface area contributed by atoms with Gasteiger partial charge in [0.1, 0.15) is 5.54 Å². The normalized spacial score (nSPS) is 22.6. The maximum absolute atomic E-state index is 12.3. The molecule has 1 fully saturated rings. The van der Waals surface area contributed by atoms with Crippen molar-refractivity contribution in [3.05, 3.63) is 29.1 Å². The lowest BCUT2D eigenvalue weighted by Crippen LogP contribution is -2.50. The van der Waals surface area contributed by atoms with Crippen LogP contribution in [0.4, 0.5) is 0 Å². The number of hydrogen-bond donors (Lipinski definition) is 2. The molecule has 0 saturated carbocycles. The Bertz CT molecular complexity index is 544. The Morgan fingerprint density at radius 1 is 1.42 bits per heavy atom. The van der Waals surface area contributed by atoms with Crippen LogP contribution in [0.15, 0.2) is 12.1 Å². The highest BCUT2D eigenvalue weighted by atomic mass is 16.4. The molecule has 2 heterocycles. The summed E-state index contributed by atoms with van der Waals surface area (Å²) in [5, 5.41) is 9.06. The third-order valence-corrected chi connectivity index (χ3v) is 3.47. The van der Waals surface area contributed by atoms with Crippen LogP contribution in [0.5, 0.6) is 0 Å². The molecule has 1 aromatic rings. The van der Waals surface area contributed by atoms with Crippen molar-refractivity contribution in [2.24, 2.45) is 5.73 Å². The third kappa shape index (κ3) is 2.44. The van der Waals surface area contributed by atoms with E-state index in [1.807, 2.05) is 6.92 Å². The van der Waals surface area contributed by atoms with Crippen molar-refractivity contribution in [3.63, 3.8) is 0 Å². The monoisotopic (exact) mass is 263 g/mol. The Labute approximate surface area is 111 Å². The van der Waals surface area contributed by atoms with Crippen LogP contribution in [0.1, 0.15) is 28.2 Å². The van der Waals surface area contributed by atoms with E-state index in [2.05, 4.69) is 4.98 Å². The van der Waals surface area contributed by atoms with Crippen LogP contribution >= 0.6 is 0 Å². The van der Waals surface area contributed by atoms with E-state index in [9.17, 15) is 9.59 Å². The Hall–Kier alpha value is -1.95. The number of carbonyl (C=O) groups excluding carboxylic acids is 1. The van der Waals surface area contributed by atoms with Gasteiger partial charge in [-0.3, -0.25) is 14.6 Å². The van der Waals surface area contributed by atoms with Gasteiger partial charge in [0.2, 0.25) is 0 Å². The van der Waals surface area contributed by atoms with E-state index in [1.54, 1.807) is 19.1 Å². The minimum atomic E-state index is -1.33. The first-order valence-corrected chi connectivity index (χ1v) is 6.09. The second kappa shape index (κ2) is 4.62. The quantitative estimate of drug-likeness (QED) is 0.801. The number of carboxylic acids is 1. The van der Waals surface area contributed by atoms with Gasteiger partial charge in [-0.25, -0.2) is 0 Å². The van der Waals surface area contributed by atoms with Crippen molar-refractivity contribution in [3.8, 4) is 0 Å². The number of aryl methyl sites for hydroxylation is 2. The summed E-state index contributed by atoms with van der Waals surface area (Å²) < 4.78 is 0. The van der Waals surface area contributed by atoms with Gasteiger partial charge >= 0.3 is 5.97 Å². The highest BCUT2D eigenvalue weighted by Gasteiger charge is 2.43. The molecule has 0 bridgehead atoms. The molecular formula is C13H17N3O3. The summed E-state index contributed by atoms with van der Waals surface area (Å²) in [5.41, 5.74) is 6.42. The smallest absolute Gasteiger partial charge is 0.325 e. The number of pyridine rings is 1. The zero-order chi connectivity index (χ0) is 14.2. The molecule has 1 aliphatic heterocycles. The fraction of sp³-hybridized carbons (Fsp3) is 0.462. The Morgan fingerprint density at radius 3 is 2.63 bits per heavy atom. The van der Waals surface area contributed by atoms with Crippen molar-refractivity contribution in [2.45, 2.75) is 25.8 Å². The molecule has 2 rings (SSSR count). The fourth-order valence-electron chi connectivity index (χ4n) is 2.26. The Kier molecular flexibility index (Phi) is 3.28. The highest BCUT2D eigenvalue weighted by molar-refractivity contribution is 5.96. The molecule has 19 heavy (non-hydrogen) atoms. The standard InChI is InChI=1S/C13H17N3O3/c1-8-3-4-10(9(2)15-8)11(17)16-6-5-13(14,7-16)12(18)19/h3-4H,5-7,14H2,1-2H3,(H,18,19). The fourth-order valence-corrected chi connectivity index (χ4v) is 2.26. The van der Waals surface area contributed by atoms with E-state index in [0.717, 1.165) is 5.69 Å². The van der Waals surface area contributed by atoms with Gasteiger partial charge in [0.15, 0.2) is 0 Å². The molecule has 1 saturated heterocycles. The van der Waals surface area contributed by atoms with Gasteiger partial charge in [0, 0.05) is 18.8 Å². The molecule has 0 radical (unpaired) electrons. The lowest BCUT2D eigenvalue weighted by atomic mass is 10.0. The number of rotatable bonds is 2. The van der Waals surface area contributed by atoms with Crippen molar-refractivity contribution >= 4 is 11.9 Å². The second-order valence-corrected chi connectivity index (χ2v) is 5.02. The SMILES string of the molecule is Cc1ccc(C(=O)N2CCC(N)(C(=O)O)C2)c(C)n1. The molecule has 1 aromatic heterocycles. The lowest BCUT2D eigenvalue weighted by Gasteiger charge is -2.20. The minimum Gasteiger partial charge on any atom is -0.480 e. The first-order chi connectivity index (χ1) is 8.83. The largest absolute Gasteiger partial charge is 0.480 e. The summed E-state index contributed by atoms with van der Waals surface area (Å²) in [5.74, 6) is -1.28. The number of hydrogen-bond acceptors (Lipinski definition) is 4. The van der Waals surface area contributed by atoms with Crippen molar-refractivity contribution in [1.29, 1.82) is 0 Å². The van der Waals surface area contributed by atoms with E-state index >= 15 is 0 Å². The zero-order valence-electron chi connectivity index (χ0n) is 11.0. The number of carboxylic acid groups (broad SMARTS) is 1. The van der Waals surface area contributed by atoms with Gasteiger partial charge in [-0.1, -0.05) is 0 Å². The molecule has 102 valence electrons. The number of aromatic nitrogens is 1. The van der Waals surface area contributed by atoms with Crippen LogP contribution < -0.4 is 5.73 Å². The van der Waals surface area contributed by atoms with Gasteiger partial charge < -0.3 is 15.7 Å². The van der Waals surface area contributed by atoms with Gasteiger partial charge in [0.05, 0.1) is 11.3 Å². The van der Waals surface area contributed by atoms with Crippen LogP contribution in [0, 0.1) is 13.8 Å². The number of nitrogens with zero attached hydrogens (tertiary/aromatic N) is 2. The maximum Gasteiger partial charge on any atom is 0.325 e. The van der Waals surface area contributed by atoms with E-state index in [0.29, 0.717) is 17.8 Å². The summed E-state index contributed by atoms with van der Waals surface area (Å²) in [6.07, 6.45) is 0.270. The average Bonchev–Trinajstić information content (AvgIpc) is 2.73. The third-order valence-electron chi connectivity index (χ3n) is 3.47. The Balaban J connectivity index is 2.20. The summed E-state index contributed by atoms with van der Waals surface area (Å²) in [4.78, 5) is 29.1. The molecule has 3 N–H and O–H groups in total. The molecule has 0 aliphatic carbocycles. The summed E-state index contributed by atoms with van der Waals surface area (Å²) >= 11 is 0. The summed E-state index contributed by atoms with van der Waals surface area (Å²) in [6, 6.07) is 3.49. The van der Waals surface area contributed by atoms with Crippen molar-refractivity contribution < 1.29 is 14.7 Å². The molecule has 1 unspecified atom stereocenters. The number of carbonyl (C=O) groups is 2. The van der Waals surface area contributed by atoms with E-state index in [4.69, 9.17) is 10.8 Å². The van der Waals surface area contributed by atoms with E-state index < -0.39 is 11.5 Å². The molecule has 6 heteroatoms.